The van der Waals surface area contributed by atoms with Gasteiger partial charge < -0.3 is 9.88 Å². The molecule has 0 spiro atoms. The number of rotatable bonds is 3. The molecule has 1 saturated heterocycles. The third-order valence-corrected chi connectivity index (χ3v) is 4.28. The van der Waals surface area contributed by atoms with Gasteiger partial charge in [-0.2, -0.15) is 0 Å². The molecule has 0 amide bonds. The van der Waals surface area contributed by atoms with Crippen molar-refractivity contribution in [3.8, 4) is 0 Å². The van der Waals surface area contributed by atoms with Gasteiger partial charge in [0.05, 0.1) is 0 Å². The fourth-order valence-electron chi connectivity index (χ4n) is 2.86. The molecule has 0 aliphatic carbocycles. The Bertz CT molecular complexity index is 346. The van der Waals surface area contributed by atoms with E-state index in [0.717, 1.165) is 13.0 Å². The van der Waals surface area contributed by atoms with E-state index in [1.165, 1.54) is 31.5 Å². The van der Waals surface area contributed by atoms with Crippen LogP contribution >= 0.6 is 0 Å². The molecule has 2 rings (SSSR count). The Morgan fingerprint density at radius 2 is 2.24 bits per heavy atom. The molecule has 3 heteroatoms. The molecule has 2 heterocycles. The van der Waals surface area contributed by atoms with E-state index < -0.39 is 0 Å². The van der Waals surface area contributed by atoms with Gasteiger partial charge in [0.2, 0.25) is 0 Å². The molecule has 1 unspecified atom stereocenters. The third kappa shape index (κ3) is 2.71. The minimum atomic E-state index is 0.246. The Labute approximate surface area is 105 Å². The molecule has 1 fully saturated rings. The van der Waals surface area contributed by atoms with Gasteiger partial charge >= 0.3 is 0 Å². The van der Waals surface area contributed by atoms with Gasteiger partial charge in [0, 0.05) is 31.4 Å². The highest BCUT2D eigenvalue weighted by Crippen LogP contribution is 2.29. The predicted molar refractivity (Wildman–Crippen MR) is 71.0 cm³/mol. The lowest BCUT2D eigenvalue weighted by molar-refractivity contribution is 0.220. The number of aromatic nitrogens is 2. The van der Waals surface area contributed by atoms with Crippen molar-refractivity contribution in [1.29, 1.82) is 0 Å². The fourth-order valence-corrected chi connectivity index (χ4v) is 2.86. The van der Waals surface area contributed by atoms with Crippen LogP contribution in [-0.2, 0) is 13.5 Å². The van der Waals surface area contributed by atoms with E-state index in [1.54, 1.807) is 0 Å². The molecule has 3 nitrogen and oxygen atoms in total. The van der Waals surface area contributed by atoms with Crippen LogP contribution in [0.2, 0.25) is 0 Å². The molecule has 0 saturated carbocycles. The summed E-state index contributed by atoms with van der Waals surface area (Å²) in [5, 5.41) is 3.81. The predicted octanol–water partition coefficient (Wildman–Crippen LogP) is 2.52. The van der Waals surface area contributed by atoms with Gasteiger partial charge in [-0.25, -0.2) is 4.98 Å². The summed E-state index contributed by atoms with van der Waals surface area (Å²) in [6.07, 6.45) is 10.3. The smallest absolute Gasteiger partial charge is 0.110 e. The Balaban J connectivity index is 2.18. The second-order valence-electron chi connectivity index (χ2n) is 5.68. The third-order valence-electron chi connectivity index (χ3n) is 4.28. The van der Waals surface area contributed by atoms with E-state index in [0.29, 0.717) is 5.92 Å². The number of nitrogens with one attached hydrogen (secondary N) is 1. The molecule has 1 aliphatic heterocycles. The van der Waals surface area contributed by atoms with Gasteiger partial charge in [-0.05, 0) is 25.3 Å². The van der Waals surface area contributed by atoms with Crippen molar-refractivity contribution in [2.75, 3.05) is 6.54 Å². The second kappa shape index (κ2) is 5.21. The Kier molecular flexibility index (Phi) is 3.87. The quantitative estimate of drug-likeness (QED) is 0.872. The minimum Gasteiger partial charge on any atom is -0.338 e. The first-order chi connectivity index (χ1) is 8.14. The Morgan fingerprint density at radius 1 is 1.41 bits per heavy atom. The molecular formula is C14H25N3. The van der Waals surface area contributed by atoms with Gasteiger partial charge in [-0.15, -0.1) is 0 Å². The van der Waals surface area contributed by atoms with Crippen molar-refractivity contribution in [1.82, 2.24) is 14.9 Å². The molecule has 1 aliphatic rings. The summed E-state index contributed by atoms with van der Waals surface area (Å²) in [6, 6.07) is 0. The van der Waals surface area contributed by atoms with E-state index in [9.17, 15) is 0 Å². The topological polar surface area (TPSA) is 29.9 Å². The molecule has 0 radical (unpaired) electrons. The van der Waals surface area contributed by atoms with Crippen LogP contribution in [0.4, 0.5) is 0 Å². The molecule has 1 atom stereocenters. The second-order valence-corrected chi connectivity index (χ2v) is 5.68. The summed E-state index contributed by atoms with van der Waals surface area (Å²) in [6.45, 7) is 5.82. The highest BCUT2D eigenvalue weighted by Gasteiger charge is 2.35. The van der Waals surface area contributed by atoms with Crippen LogP contribution in [0.15, 0.2) is 12.4 Å². The number of imidazole rings is 1. The number of hydrogen-bond donors (Lipinski definition) is 1. The Morgan fingerprint density at radius 3 is 2.88 bits per heavy atom. The molecule has 0 aromatic carbocycles. The monoisotopic (exact) mass is 235 g/mol. The minimum absolute atomic E-state index is 0.246. The van der Waals surface area contributed by atoms with Crippen molar-refractivity contribution in [2.24, 2.45) is 13.0 Å². The molecule has 96 valence electrons. The lowest BCUT2D eigenvalue weighted by Gasteiger charge is -2.37. The van der Waals surface area contributed by atoms with Crippen molar-refractivity contribution >= 4 is 0 Å². The normalized spacial score (nSPS) is 26.1. The lowest BCUT2D eigenvalue weighted by atomic mass is 9.79. The summed E-state index contributed by atoms with van der Waals surface area (Å²) in [7, 11) is 2.09. The maximum atomic E-state index is 4.49. The van der Waals surface area contributed by atoms with Gasteiger partial charge in [-0.3, -0.25) is 0 Å². The van der Waals surface area contributed by atoms with E-state index >= 15 is 0 Å². The standard InChI is InChI=1S/C14H25N3/c1-12(2)14(7-5-4-6-8-16-14)11-13-15-9-10-17(13)3/h9-10,12,16H,4-8,11H2,1-3H3. The van der Waals surface area contributed by atoms with Crippen molar-refractivity contribution in [3.63, 3.8) is 0 Å². The molecule has 1 N–H and O–H groups in total. The molecule has 1 aromatic rings. The summed E-state index contributed by atoms with van der Waals surface area (Å²) in [5.41, 5.74) is 0.246. The molecular weight excluding hydrogens is 210 g/mol. The van der Waals surface area contributed by atoms with Crippen LogP contribution in [0.1, 0.15) is 45.4 Å². The SMILES string of the molecule is CC(C)C1(Cc2nccn2C)CCCCCN1. The first-order valence-corrected chi connectivity index (χ1v) is 6.85. The van der Waals surface area contributed by atoms with Crippen molar-refractivity contribution in [2.45, 2.75) is 51.5 Å². The van der Waals surface area contributed by atoms with Gasteiger partial charge in [-0.1, -0.05) is 26.7 Å². The zero-order valence-electron chi connectivity index (χ0n) is 11.4. The average Bonchev–Trinajstić information content (AvgIpc) is 2.54. The maximum Gasteiger partial charge on any atom is 0.110 e. The summed E-state index contributed by atoms with van der Waals surface area (Å²) >= 11 is 0. The number of nitrogens with zero attached hydrogens (tertiary/aromatic N) is 2. The maximum absolute atomic E-state index is 4.49. The Hall–Kier alpha value is -0.830. The van der Waals surface area contributed by atoms with Gasteiger partial charge in [0.15, 0.2) is 0 Å². The van der Waals surface area contributed by atoms with E-state index in [2.05, 4.69) is 35.8 Å². The average molecular weight is 235 g/mol. The van der Waals surface area contributed by atoms with E-state index in [1.807, 2.05) is 12.4 Å². The molecule has 0 bridgehead atoms. The van der Waals surface area contributed by atoms with Crippen LogP contribution in [0.5, 0.6) is 0 Å². The number of aryl methyl sites for hydroxylation is 1. The molecule has 1 aromatic heterocycles. The largest absolute Gasteiger partial charge is 0.338 e. The van der Waals surface area contributed by atoms with Crippen LogP contribution in [0, 0.1) is 5.92 Å². The number of hydrogen-bond acceptors (Lipinski definition) is 2. The summed E-state index contributed by atoms with van der Waals surface area (Å²) in [4.78, 5) is 4.49. The van der Waals surface area contributed by atoms with E-state index in [4.69, 9.17) is 0 Å². The van der Waals surface area contributed by atoms with Crippen molar-refractivity contribution in [3.05, 3.63) is 18.2 Å². The molecule has 17 heavy (non-hydrogen) atoms. The van der Waals surface area contributed by atoms with Crippen LogP contribution in [0.3, 0.4) is 0 Å². The zero-order chi connectivity index (χ0) is 12.3. The first-order valence-electron chi connectivity index (χ1n) is 6.85. The lowest BCUT2D eigenvalue weighted by Crippen LogP contribution is -2.51. The highest BCUT2D eigenvalue weighted by molar-refractivity contribution is 5.03. The highest BCUT2D eigenvalue weighted by atomic mass is 15.1. The van der Waals surface area contributed by atoms with Crippen LogP contribution in [-0.4, -0.2) is 21.6 Å². The summed E-state index contributed by atoms with van der Waals surface area (Å²) < 4.78 is 2.15. The zero-order valence-corrected chi connectivity index (χ0v) is 11.4. The van der Waals surface area contributed by atoms with Crippen LogP contribution < -0.4 is 5.32 Å². The van der Waals surface area contributed by atoms with Crippen LogP contribution in [0.25, 0.3) is 0 Å². The summed E-state index contributed by atoms with van der Waals surface area (Å²) in [5.74, 6) is 1.85. The van der Waals surface area contributed by atoms with Gasteiger partial charge in [0.1, 0.15) is 5.82 Å². The van der Waals surface area contributed by atoms with Crippen molar-refractivity contribution < 1.29 is 0 Å². The van der Waals surface area contributed by atoms with Gasteiger partial charge in [0.25, 0.3) is 0 Å². The van der Waals surface area contributed by atoms with E-state index in [-0.39, 0.29) is 5.54 Å². The first kappa shape index (κ1) is 12.6. The fraction of sp³-hybridized carbons (Fsp3) is 0.786.